The van der Waals surface area contributed by atoms with E-state index in [-0.39, 0.29) is 11.3 Å². The smallest absolute Gasteiger partial charge is 0.235 e. The van der Waals surface area contributed by atoms with Crippen LogP contribution in [0.5, 0.6) is 0 Å². The number of anilines is 1. The first-order chi connectivity index (χ1) is 10.0. The molecule has 0 radical (unpaired) electrons. The molecule has 0 bridgehead atoms. The first kappa shape index (κ1) is 16.3. The molecule has 2 N–H and O–H groups in total. The van der Waals surface area contributed by atoms with E-state index in [2.05, 4.69) is 23.9 Å². The molecule has 1 aromatic carbocycles. The molecular formula is C15H24N2O3S. The third-order valence-electron chi connectivity index (χ3n) is 3.79. The lowest BCUT2D eigenvalue weighted by Crippen LogP contribution is -2.33. The molecule has 0 amide bonds. The molecule has 1 fully saturated rings. The van der Waals surface area contributed by atoms with E-state index in [1.807, 2.05) is 24.3 Å². The van der Waals surface area contributed by atoms with E-state index in [1.165, 1.54) is 0 Å². The molecule has 0 saturated carbocycles. The Hall–Kier alpha value is -1.11. The molecule has 1 aliphatic heterocycles. The van der Waals surface area contributed by atoms with Crippen molar-refractivity contribution in [3.05, 3.63) is 29.8 Å². The van der Waals surface area contributed by atoms with Crippen LogP contribution in [0.1, 0.15) is 38.3 Å². The highest BCUT2D eigenvalue weighted by molar-refractivity contribution is 7.93. The Labute approximate surface area is 127 Å². The van der Waals surface area contributed by atoms with E-state index in [4.69, 9.17) is 4.74 Å². The fourth-order valence-electron chi connectivity index (χ4n) is 2.50. The van der Waals surface area contributed by atoms with Crippen molar-refractivity contribution in [3.63, 3.8) is 0 Å². The third kappa shape index (κ3) is 4.43. The molecule has 1 unspecified atom stereocenters. The number of rotatable bonds is 6. The molecule has 1 heterocycles. The maximum Gasteiger partial charge on any atom is 0.235 e. The minimum Gasteiger partial charge on any atom is -0.381 e. The third-order valence-corrected chi connectivity index (χ3v) is 5.66. The monoisotopic (exact) mass is 312 g/mol. The topological polar surface area (TPSA) is 67.4 Å². The van der Waals surface area contributed by atoms with Crippen molar-refractivity contribution in [3.8, 4) is 0 Å². The molecule has 2 rings (SSSR count). The van der Waals surface area contributed by atoms with Gasteiger partial charge < -0.3 is 10.1 Å². The van der Waals surface area contributed by atoms with Crippen LogP contribution in [0.15, 0.2) is 24.3 Å². The van der Waals surface area contributed by atoms with Gasteiger partial charge in [0.25, 0.3) is 0 Å². The minimum absolute atomic E-state index is 0.260. The summed E-state index contributed by atoms with van der Waals surface area (Å²) < 4.78 is 32.5. The zero-order valence-corrected chi connectivity index (χ0v) is 13.4. The van der Waals surface area contributed by atoms with Crippen LogP contribution in [0.3, 0.4) is 0 Å². The summed E-state index contributed by atoms with van der Waals surface area (Å²) in [6.07, 6.45) is 1.12. The average molecular weight is 312 g/mol. The van der Waals surface area contributed by atoms with Gasteiger partial charge in [0.1, 0.15) is 0 Å². The van der Waals surface area contributed by atoms with Crippen molar-refractivity contribution in [2.45, 2.75) is 38.0 Å². The number of nitrogens with one attached hydrogen (secondary N) is 2. The normalized spacial score (nSPS) is 18.4. The molecule has 5 nitrogen and oxygen atoms in total. The van der Waals surface area contributed by atoms with E-state index in [1.54, 1.807) is 0 Å². The quantitative estimate of drug-likeness (QED) is 0.845. The van der Waals surface area contributed by atoms with Crippen molar-refractivity contribution >= 4 is 15.7 Å². The molecule has 21 heavy (non-hydrogen) atoms. The standard InChI is InChI=1S/C15H24N2O3S/c1-3-16-12(2)13-4-6-14(7-5-13)17-21(18,19)15-8-10-20-11-9-15/h4-7,12,15-17H,3,8-11H2,1-2H3. The molecule has 1 atom stereocenters. The number of sulfonamides is 1. The van der Waals surface area contributed by atoms with Gasteiger partial charge in [-0.3, -0.25) is 4.72 Å². The Bertz CT molecular complexity index is 537. The number of ether oxygens (including phenoxy) is 1. The summed E-state index contributed by atoms with van der Waals surface area (Å²) in [7, 11) is -3.33. The largest absolute Gasteiger partial charge is 0.381 e. The molecule has 1 aromatic rings. The number of hydrogen-bond donors (Lipinski definition) is 2. The van der Waals surface area contributed by atoms with Crippen molar-refractivity contribution < 1.29 is 13.2 Å². The highest BCUT2D eigenvalue weighted by Crippen LogP contribution is 2.21. The van der Waals surface area contributed by atoms with Gasteiger partial charge >= 0.3 is 0 Å². The fourth-order valence-corrected chi connectivity index (χ4v) is 3.94. The van der Waals surface area contributed by atoms with Crippen LogP contribution in [-0.2, 0) is 14.8 Å². The van der Waals surface area contributed by atoms with Crippen LogP contribution in [0.4, 0.5) is 5.69 Å². The van der Waals surface area contributed by atoms with E-state index in [9.17, 15) is 8.42 Å². The Kier molecular flexibility index (Phi) is 5.61. The van der Waals surface area contributed by atoms with E-state index in [0.29, 0.717) is 31.7 Å². The van der Waals surface area contributed by atoms with Gasteiger partial charge in [-0.05, 0) is 44.0 Å². The maximum atomic E-state index is 12.3. The predicted octanol–water partition coefficient (Wildman–Crippen LogP) is 2.28. The molecule has 1 saturated heterocycles. The van der Waals surface area contributed by atoms with E-state index in [0.717, 1.165) is 12.1 Å². The summed E-state index contributed by atoms with van der Waals surface area (Å²) in [4.78, 5) is 0. The average Bonchev–Trinajstić information content (AvgIpc) is 2.49. The second-order valence-corrected chi connectivity index (χ2v) is 7.32. The van der Waals surface area contributed by atoms with Crippen LogP contribution in [0, 0.1) is 0 Å². The minimum atomic E-state index is -3.33. The van der Waals surface area contributed by atoms with Gasteiger partial charge in [0.2, 0.25) is 10.0 Å². The van der Waals surface area contributed by atoms with Crippen LogP contribution < -0.4 is 10.0 Å². The van der Waals surface area contributed by atoms with Crippen molar-refractivity contribution in [2.75, 3.05) is 24.5 Å². The van der Waals surface area contributed by atoms with Gasteiger partial charge in [-0.2, -0.15) is 0 Å². The lowest BCUT2D eigenvalue weighted by molar-refractivity contribution is 0.0984. The van der Waals surface area contributed by atoms with Gasteiger partial charge in [-0.15, -0.1) is 0 Å². The lowest BCUT2D eigenvalue weighted by atomic mass is 10.1. The van der Waals surface area contributed by atoms with Gasteiger partial charge in [-0.1, -0.05) is 19.1 Å². The van der Waals surface area contributed by atoms with E-state index >= 15 is 0 Å². The van der Waals surface area contributed by atoms with Crippen molar-refractivity contribution in [1.82, 2.24) is 5.32 Å². The van der Waals surface area contributed by atoms with Gasteiger partial charge in [0, 0.05) is 24.9 Å². The summed E-state index contributed by atoms with van der Waals surface area (Å²) >= 11 is 0. The van der Waals surface area contributed by atoms with Crippen LogP contribution in [-0.4, -0.2) is 33.4 Å². The highest BCUT2D eigenvalue weighted by atomic mass is 32.2. The molecule has 0 aliphatic carbocycles. The summed E-state index contributed by atoms with van der Waals surface area (Å²) in [6.45, 7) is 6.09. The maximum absolute atomic E-state index is 12.3. The zero-order valence-electron chi connectivity index (χ0n) is 12.6. The van der Waals surface area contributed by atoms with Crippen molar-refractivity contribution in [1.29, 1.82) is 0 Å². The molecule has 0 spiro atoms. The first-order valence-electron chi connectivity index (χ1n) is 7.45. The summed E-state index contributed by atoms with van der Waals surface area (Å²) in [6, 6.07) is 7.81. The molecular weight excluding hydrogens is 288 g/mol. The van der Waals surface area contributed by atoms with Crippen LogP contribution >= 0.6 is 0 Å². The van der Waals surface area contributed by atoms with Crippen LogP contribution in [0.2, 0.25) is 0 Å². The predicted molar refractivity (Wildman–Crippen MR) is 84.9 cm³/mol. The number of benzene rings is 1. The SMILES string of the molecule is CCNC(C)c1ccc(NS(=O)(=O)C2CCOCC2)cc1. The Morgan fingerprint density at radius 2 is 1.86 bits per heavy atom. The van der Waals surface area contributed by atoms with Gasteiger partial charge in [-0.25, -0.2) is 8.42 Å². The second kappa shape index (κ2) is 7.24. The highest BCUT2D eigenvalue weighted by Gasteiger charge is 2.27. The second-order valence-electron chi connectivity index (χ2n) is 5.36. The lowest BCUT2D eigenvalue weighted by Gasteiger charge is -2.23. The van der Waals surface area contributed by atoms with Crippen LogP contribution in [0.25, 0.3) is 0 Å². The molecule has 1 aliphatic rings. The Morgan fingerprint density at radius 3 is 2.43 bits per heavy atom. The number of hydrogen-bond acceptors (Lipinski definition) is 4. The fraction of sp³-hybridized carbons (Fsp3) is 0.600. The summed E-state index contributed by atoms with van der Waals surface area (Å²) in [5.41, 5.74) is 1.76. The van der Waals surface area contributed by atoms with E-state index < -0.39 is 10.0 Å². The van der Waals surface area contributed by atoms with Crippen molar-refractivity contribution in [2.24, 2.45) is 0 Å². The molecule has 0 aromatic heterocycles. The van der Waals surface area contributed by atoms with Gasteiger partial charge in [0.05, 0.1) is 5.25 Å². The zero-order chi connectivity index (χ0) is 15.3. The summed E-state index contributed by atoms with van der Waals surface area (Å²) in [5, 5.41) is 2.97. The molecule has 6 heteroatoms. The molecule has 118 valence electrons. The summed E-state index contributed by atoms with van der Waals surface area (Å²) in [5.74, 6) is 0. The first-order valence-corrected chi connectivity index (χ1v) is 9.00. The Morgan fingerprint density at radius 1 is 1.24 bits per heavy atom. The Balaban J connectivity index is 2.02. The van der Waals surface area contributed by atoms with Gasteiger partial charge in [0.15, 0.2) is 0 Å².